The smallest absolute Gasteiger partial charge is 0.233 e. The third-order valence-electron chi connectivity index (χ3n) is 0.573. The van der Waals surface area contributed by atoms with E-state index in [-0.39, 0.29) is 0 Å². The van der Waals surface area contributed by atoms with Gasteiger partial charge in [-0.2, -0.15) is 0 Å². The summed E-state index contributed by atoms with van der Waals surface area (Å²) >= 11 is 5.37. The van der Waals surface area contributed by atoms with Crippen molar-refractivity contribution in [3.05, 3.63) is 23.7 Å². The van der Waals surface area contributed by atoms with Gasteiger partial charge < -0.3 is 0 Å². The van der Waals surface area contributed by atoms with Crippen LogP contribution in [0.2, 0.25) is 5.28 Å². The van der Waals surface area contributed by atoms with Gasteiger partial charge in [0, 0.05) is 17.7 Å². The predicted molar refractivity (Wildman–Crippen MR) is 25.8 cm³/mol. The van der Waals surface area contributed by atoms with Gasteiger partial charge in [-0.05, 0) is 4.98 Å². The van der Waals surface area contributed by atoms with E-state index in [9.17, 15) is 0 Å². The SMILES string of the molecule is Clc1nccc[nH+]1. The molecule has 1 aromatic rings. The topological polar surface area (TPSA) is 27.0 Å². The molecule has 1 N–H and O–H groups in total. The van der Waals surface area contributed by atoms with Crippen molar-refractivity contribution >= 4 is 11.6 Å². The predicted octanol–water partition coefficient (Wildman–Crippen LogP) is 0.549. The van der Waals surface area contributed by atoms with Crippen molar-refractivity contribution in [1.29, 1.82) is 0 Å². The molecule has 0 aliphatic carbocycles. The maximum atomic E-state index is 5.37. The van der Waals surface area contributed by atoms with Crippen LogP contribution >= 0.6 is 11.6 Å². The lowest BCUT2D eigenvalue weighted by Gasteiger charge is -1.69. The van der Waals surface area contributed by atoms with Crippen molar-refractivity contribution < 1.29 is 4.98 Å². The molecule has 0 aliphatic rings. The standard InChI is InChI=1S/C4H3ClN2/c5-4-6-2-1-3-7-4/h1-3H/p+1. The van der Waals surface area contributed by atoms with Gasteiger partial charge in [-0.15, -0.1) is 0 Å². The monoisotopic (exact) mass is 115 g/mol. The summed E-state index contributed by atoms with van der Waals surface area (Å²) in [4.78, 5) is 6.37. The zero-order valence-electron chi connectivity index (χ0n) is 3.56. The molecule has 0 saturated carbocycles. The lowest BCUT2D eigenvalue weighted by molar-refractivity contribution is -0.380. The summed E-state index contributed by atoms with van der Waals surface area (Å²) in [6, 6.07) is 1.77. The molecule has 0 unspecified atom stereocenters. The first-order chi connectivity index (χ1) is 3.39. The Hall–Kier alpha value is -0.630. The molecule has 1 rings (SSSR count). The maximum absolute atomic E-state index is 5.37. The quantitative estimate of drug-likeness (QED) is 0.454. The first-order valence-corrected chi connectivity index (χ1v) is 2.25. The van der Waals surface area contributed by atoms with E-state index in [1.165, 1.54) is 0 Å². The van der Waals surface area contributed by atoms with Crippen molar-refractivity contribution in [2.75, 3.05) is 0 Å². The highest BCUT2D eigenvalue weighted by Crippen LogP contribution is 1.86. The minimum Gasteiger partial charge on any atom is -0.233 e. The number of halogens is 1. The molecule has 3 heteroatoms. The van der Waals surface area contributed by atoms with Gasteiger partial charge in [0.25, 0.3) is 0 Å². The van der Waals surface area contributed by atoms with Gasteiger partial charge in [-0.1, -0.05) is 0 Å². The Morgan fingerprint density at radius 3 is 2.86 bits per heavy atom. The van der Waals surface area contributed by atoms with Gasteiger partial charge in [0.15, 0.2) is 0 Å². The van der Waals surface area contributed by atoms with Gasteiger partial charge in [0.2, 0.25) is 0 Å². The second-order valence-electron chi connectivity index (χ2n) is 1.07. The Kier molecular flexibility index (Phi) is 1.22. The maximum Gasteiger partial charge on any atom is 0.393 e. The van der Waals surface area contributed by atoms with Crippen LogP contribution in [0.1, 0.15) is 0 Å². The van der Waals surface area contributed by atoms with Crippen molar-refractivity contribution in [3.63, 3.8) is 0 Å². The Bertz CT molecular complexity index is 140. The van der Waals surface area contributed by atoms with E-state index in [1.807, 2.05) is 0 Å². The number of nitrogens with one attached hydrogen (secondary N) is 1. The average Bonchev–Trinajstić information content (AvgIpc) is 1.69. The second kappa shape index (κ2) is 1.89. The van der Waals surface area contributed by atoms with Gasteiger partial charge >= 0.3 is 5.28 Å². The van der Waals surface area contributed by atoms with E-state index in [1.54, 1.807) is 18.5 Å². The van der Waals surface area contributed by atoms with Crippen molar-refractivity contribution in [2.45, 2.75) is 0 Å². The van der Waals surface area contributed by atoms with Gasteiger partial charge in [-0.25, -0.2) is 4.98 Å². The summed E-state index contributed by atoms with van der Waals surface area (Å²) in [5.41, 5.74) is 0. The summed E-state index contributed by atoms with van der Waals surface area (Å²) in [6.45, 7) is 0. The summed E-state index contributed by atoms with van der Waals surface area (Å²) in [5.74, 6) is 0. The highest BCUT2D eigenvalue weighted by molar-refractivity contribution is 6.27. The van der Waals surface area contributed by atoms with Crippen molar-refractivity contribution in [2.24, 2.45) is 0 Å². The van der Waals surface area contributed by atoms with Gasteiger partial charge in [-0.3, -0.25) is 0 Å². The Morgan fingerprint density at radius 1 is 1.71 bits per heavy atom. The van der Waals surface area contributed by atoms with Gasteiger partial charge in [0.1, 0.15) is 6.20 Å². The lowest BCUT2D eigenvalue weighted by Crippen LogP contribution is -2.01. The molecule has 2 nitrogen and oxygen atoms in total. The third kappa shape index (κ3) is 1.12. The molecule has 7 heavy (non-hydrogen) atoms. The molecular weight excluding hydrogens is 112 g/mol. The fourth-order valence-electron chi connectivity index (χ4n) is 0.306. The van der Waals surface area contributed by atoms with Crippen LogP contribution in [0.15, 0.2) is 18.5 Å². The van der Waals surface area contributed by atoms with E-state index in [0.29, 0.717) is 5.28 Å². The van der Waals surface area contributed by atoms with Crippen LogP contribution in [0, 0.1) is 0 Å². The third-order valence-corrected chi connectivity index (χ3v) is 0.779. The summed E-state index contributed by atoms with van der Waals surface area (Å²) < 4.78 is 0. The number of nitrogens with zero attached hydrogens (tertiary/aromatic N) is 1. The summed E-state index contributed by atoms with van der Waals surface area (Å²) in [5, 5.41) is 0.419. The van der Waals surface area contributed by atoms with E-state index in [2.05, 4.69) is 9.97 Å². The molecule has 0 bridgehead atoms. The van der Waals surface area contributed by atoms with Crippen LogP contribution in [0.5, 0.6) is 0 Å². The fraction of sp³-hybridized carbons (Fsp3) is 0. The highest BCUT2D eigenvalue weighted by Gasteiger charge is 1.89. The van der Waals surface area contributed by atoms with Crippen LogP contribution < -0.4 is 4.98 Å². The van der Waals surface area contributed by atoms with Gasteiger partial charge in [0.05, 0.1) is 6.20 Å². The minimum absolute atomic E-state index is 0.419. The molecule has 0 fully saturated rings. The molecule has 0 atom stereocenters. The molecule has 0 aromatic carbocycles. The lowest BCUT2D eigenvalue weighted by atomic mass is 10.7. The number of hydrogen-bond acceptors (Lipinski definition) is 1. The van der Waals surface area contributed by atoms with Crippen LogP contribution in [-0.2, 0) is 0 Å². The van der Waals surface area contributed by atoms with Crippen molar-refractivity contribution in [3.8, 4) is 0 Å². The molecule has 0 radical (unpaired) electrons. The zero-order valence-corrected chi connectivity index (χ0v) is 4.31. The number of rotatable bonds is 0. The Balaban J connectivity index is 3.02. The number of aromatic nitrogens is 2. The fourth-order valence-corrected chi connectivity index (χ4v) is 0.425. The molecule has 0 amide bonds. The zero-order chi connectivity index (χ0) is 5.11. The molecule has 0 saturated heterocycles. The molecule has 0 aliphatic heterocycles. The first kappa shape index (κ1) is 4.53. The van der Waals surface area contributed by atoms with Crippen LogP contribution in [0.25, 0.3) is 0 Å². The molecule has 36 valence electrons. The largest absolute Gasteiger partial charge is 0.393 e. The molecule has 1 aromatic heterocycles. The first-order valence-electron chi connectivity index (χ1n) is 1.88. The van der Waals surface area contributed by atoms with Crippen LogP contribution in [-0.4, -0.2) is 4.98 Å². The second-order valence-corrected chi connectivity index (χ2v) is 1.43. The van der Waals surface area contributed by atoms with Crippen LogP contribution in [0.4, 0.5) is 0 Å². The van der Waals surface area contributed by atoms with E-state index in [4.69, 9.17) is 11.6 Å². The molecule has 0 spiro atoms. The number of H-pyrrole nitrogens is 1. The minimum atomic E-state index is 0.419. The van der Waals surface area contributed by atoms with Crippen LogP contribution in [0.3, 0.4) is 0 Å². The highest BCUT2D eigenvalue weighted by atomic mass is 35.5. The molecular formula is C4H4ClN2+. The van der Waals surface area contributed by atoms with E-state index in [0.717, 1.165) is 0 Å². The summed E-state index contributed by atoms with van der Waals surface area (Å²) in [6.07, 6.45) is 3.34. The Morgan fingerprint density at radius 2 is 2.57 bits per heavy atom. The summed E-state index contributed by atoms with van der Waals surface area (Å²) in [7, 11) is 0. The average molecular weight is 116 g/mol. The Labute approximate surface area is 46.2 Å². The number of aromatic amines is 1. The normalized spacial score (nSPS) is 8.71. The van der Waals surface area contributed by atoms with E-state index >= 15 is 0 Å². The number of hydrogen-bond donors (Lipinski definition) is 0. The van der Waals surface area contributed by atoms with Crippen molar-refractivity contribution in [1.82, 2.24) is 4.98 Å². The molecule has 1 heterocycles. The van der Waals surface area contributed by atoms with E-state index < -0.39 is 0 Å².